The average molecular weight is 182 g/mol. The van der Waals surface area contributed by atoms with Gasteiger partial charge in [0.05, 0.1) is 0 Å². The van der Waals surface area contributed by atoms with E-state index in [0.717, 1.165) is 23.9 Å². The first-order valence-corrected chi connectivity index (χ1v) is 5.61. The molecule has 0 aromatic rings. The minimum Gasteiger partial charge on any atom is -0.309 e. The van der Waals surface area contributed by atoms with Crippen molar-refractivity contribution in [2.24, 2.45) is 11.8 Å². The minimum atomic E-state index is 0.748. The van der Waals surface area contributed by atoms with Gasteiger partial charge in [0, 0.05) is 25.2 Å². The second-order valence-electron chi connectivity index (χ2n) is 5.13. The van der Waals surface area contributed by atoms with Crippen molar-refractivity contribution in [2.45, 2.75) is 38.8 Å². The summed E-state index contributed by atoms with van der Waals surface area (Å²) in [5, 5.41) is 3.80. The predicted octanol–water partition coefficient (Wildman–Crippen LogP) is 1.32. The highest BCUT2D eigenvalue weighted by Crippen LogP contribution is 2.28. The molecule has 1 aliphatic heterocycles. The molecule has 0 amide bonds. The monoisotopic (exact) mass is 182 g/mol. The fourth-order valence-electron chi connectivity index (χ4n) is 2.62. The Morgan fingerprint density at radius 1 is 1.00 bits per heavy atom. The van der Waals surface area contributed by atoms with Gasteiger partial charge in [-0.1, -0.05) is 13.8 Å². The standard InChI is InChI=1S/C11H22N2/c1-8-4-5-10(8)12-11-7-13(3)6-9(11)2/h8-12H,4-7H2,1-3H3. The molecule has 1 saturated heterocycles. The molecule has 1 heterocycles. The first-order valence-electron chi connectivity index (χ1n) is 5.61. The molecule has 0 aromatic carbocycles. The zero-order valence-electron chi connectivity index (χ0n) is 9.09. The van der Waals surface area contributed by atoms with Crippen LogP contribution in [0.3, 0.4) is 0 Å². The number of hydrogen-bond donors (Lipinski definition) is 1. The van der Waals surface area contributed by atoms with Crippen LogP contribution >= 0.6 is 0 Å². The third kappa shape index (κ3) is 1.89. The summed E-state index contributed by atoms with van der Waals surface area (Å²) < 4.78 is 0. The van der Waals surface area contributed by atoms with Gasteiger partial charge in [0.15, 0.2) is 0 Å². The fraction of sp³-hybridized carbons (Fsp3) is 1.00. The summed E-state index contributed by atoms with van der Waals surface area (Å²) >= 11 is 0. The Labute approximate surface area is 81.7 Å². The lowest BCUT2D eigenvalue weighted by Crippen LogP contribution is -2.49. The van der Waals surface area contributed by atoms with Crippen LogP contribution in [0.5, 0.6) is 0 Å². The van der Waals surface area contributed by atoms with Gasteiger partial charge in [-0.15, -0.1) is 0 Å². The molecule has 4 unspecified atom stereocenters. The zero-order valence-corrected chi connectivity index (χ0v) is 9.09. The summed E-state index contributed by atoms with van der Waals surface area (Å²) in [5.74, 6) is 1.75. The smallest absolute Gasteiger partial charge is 0.0235 e. The van der Waals surface area contributed by atoms with E-state index in [9.17, 15) is 0 Å². The van der Waals surface area contributed by atoms with Gasteiger partial charge < -0.3 is 10.2 Å². The molecule has 0 aromatic heterocycles. The number of likely N-dealkylation sites (tertiary alicyclic amines) is 1. The Balaban J connectivity index is 1.81. The first-order chi connectivity index (χ1) is 6.16. The summed E-state index contributed by atoms with van der Waals surface area (Å²) in [7, 11) is 2.22. The van der Waals surface area contributed by atoms with Crippen molar-refractivity contribution in [3.05, 3.63) is 0 Å². The van der Waals surface area contributed by atoms with Crippen LogP contribution in [0.1, 0.15) is 26.7 Å². The highest BCUT2D eigenvalue weighted by atomic mass is 15.2. The van der Waals surface area contributed by atoms with Crippen molar-refractivity contribution in [2.75, 3.05) is 20.1 Å². The summed E-state index contributed by atoms with van der Waals surface area (Å²) in [6.45, 7) is 7.23. The van der Waals surface area contributed by atoms with E-state index in [1.165, 1.54) is 25.9 Å². The number of rotatable bonds is 2. The Morgan fingerprint density at radius 3 is 2.15 bits per heavy atom. The highest BCUT2D eigenvalue weighted by molar-refractivity contribution is 4.92. The lowest BCUT2D eigenvalue weighted by Gasteiger charge is -2.37. The van der Waals surface area contributed by atoms with Gasteiger partial charge in [0.2, 0.25) is 0 Å². The normalized spacial score (nSPS) is 46.4. The molecule has 0 bridgehead atoms. The molecule has 1 aliphatic carbocycles. The Bertz CT molecular complexity index is 181. The first kappa shape index (κ1) is 9.47. The molecule has 2 fully saturated rings. The van der Waals surface area contributed by atoms with Crippen molar-refractivity contribution in [3.63, 3.8) is 0 Å². The molecule has 4 atom stereocenters. The van der Waals surface area contributed by atoms with Crippen LogP contribution in [0.25, 0.3) is 0 Å². The number of likely N-dealkylation sites (N-methyl/N-ethyl adjacent to an activating group) is 1. The summed E-state index contributed by atoms with van der Waals surface area (Å²) in [5.41, 5.74) is 0. The van der Waals surface area contributed by atoms with Gasteiger partial charge in [0.25, 0.3) is 0 Å². The van der Waals surface area contributed by atoms with Crippen molar-refractivity contribution in [1.82, 2.24) is 10.2 Å². The number of nitrogens with zero attached hydrogens (tertiary/aromatic N) is 1. The van der Waals surface area contributed by atoms with E-state index >= 15 is 0 Å². The molecule has 1 N–H and O–H groups in total. The minimum absolute atomic E-state index is 0.748. The molecular weight excluding hydrogens is 160 g/mol. The quantitative estimate of drug-likeness (QED) is 0.693. The molecule has 2 nitrogen and oxygen atoms in total. The Hall–Kier alpha value is -0.0800. The van der Waals surface area contributed by atoms with Crippen LogP contribution < -0.4 is 5.32 Å². The van der Waals surface area contributed by atoms with E-state index in [0.29, 0.717) is 0 Å². The average Bonchev–Trinajstić information content (AvgIpc) is 2.38. The molecule has 2 rings (SSSR count). The van der Waals surface area contributed by atoms with Crippen LogP contribution in [0.2, 0.25) is 0 Å². The molecule has 2 heteroatoms. The maximum absolute atomic E-state index is 3.80. The largest absolute Gasteiger partial charge is 0.309 e. The van der Waals surface area contributed by atoms with E-state index in [1.54, 1.807) is 0 Å². The van der Waals surface area contributed by atoms with Crippen LogP contribution in [0.4, 0.5) is 0 Å². The van der Waals surface area contributed by atoms with Gasteiger partial charge in [0.1, 0.15) is 0 Å². The summed E-state index contributed by atoms with van der Waals surface area (Å²) in [6.07, 6.45) is 2.82. The van der Waals surface area contributed by atoms with E-state index in [-0.39, 0.29) is 0 Å². The molecule has 0 spiro atoms. The van der Waals surface area contributed by atoms with E-state index in [1.807, 2.05) is 0 Å². The van der Waals surface area contributed by atoms with E-state index < -0.39 is 0 Å². The van der Waals surface area contributed by atoms with Gasteiger partial charge in [-0.2, -0.15) is 0 Å². The van der Waals surface area contributed by atoms with Crippen LogP contribution in [-0.4, -0.2) is 37.1 Å². The molecule has 2 aliphatic rings. The lowest BCUT2D eigenvalue weighted by atomic mass is 9.80. The van der Waals surface area contributed by atoms with Crippen molar-refractivity contribution in [3.8, 4) is 0 Å². The second kappa shape index (κ2) is 3.58. The molecular formula is C11H22N2. The third-order valence-corrected chi connectivity index (χ3v) is 3.84. The van der Waals surface area contributed by atoms with Gasteiger partial charge in [-0.05, 0) is 31.7 Å². The van der Waals surface area contributed by atoms with Crippen molar-refractivity contribution < 1.29 is 0 Å². The summed E-state index contributed by atoms with van der Waals surface area (Å²) in [4.78, 5) is 2.44. The number of nitrogens with one attached hydrogen (secondary N) is 1. The van der Waals surface area contributed by atoms with Gasteiger partial charge in [-0.3, -0.25) is 0 Å². The summed E-state index contributed by atoms with van der Waals surface area (Å²) in [6, 6.07) is 1.57. The highest BCUT2D eigenvalue weighted by Gasteiger charge is 2.33. The van der Waals surface area contributed by atoms with Crippen molar-refractivity contribution in [1.29, 1.82) is 0 Å². The van der Waals surface area contributed by atoms with Crippen LogP contribution in [0.15, 0.2) is 0 Å². The predicted molar refractivity (Wildman–Crippen MR) is 55.8 cm³/mol. The molecule has 13 heavy (non-hydrogen) atoms. The molecule has 0 radical (unpaired) electrons. The third-order valence-electron chi connectivity index (χ3n) is 3.84. The molecule has 1 saturated carbocycles. The molecule has 76 valence electrons. The topological polar surface area (TPSA) is 15.3 Å². The van der Waals surface area contributed by atoms with Crippen LogP contribution in [0, 0.1) is 11.8 Å². The van der Waals surface area contributed by atoms with E-state index in [2.05, 4.69) is 31.1 Å². The lowest BCUT2D eigenvalue weighted by molar-refractivity contribution is 0.201. The van der Waals surface area contributed by atoms with Gasteiger partial charge in [-0.25, -0.2) is 0 Å². The Kier molecular flexibility index (Phi) is 2.61. The maximum atomic E-state index is 3.80. The van der Waals surface area contributed by atoms with E-state index in [4.69, 9.17) is 0 Å². The SMILES string of the molecule is CC1CCC1NC1CN(C)CC1C. The maximum Gasteiger partial charge on any atom is 0.0235 e. The van der Waals surface area contributed by atoms with Crippen LogP contribution in [-0.2, 0) is 0 Å². The van der Waals surface area contributed by atoms with Gasteiger partial charge >= 0.3 is 0 Å². The fourth-order valence-corrected chi connectivity index (χ4v) is 2.62. The second-order valence-corrected chi connectivity index (χ2v) is 5.13. The Morgan fingerprint density at radius 2 is 1.77 bits per heavy atom. The number of hydrogen-bond acceptors (Lipinski definition) is 2. The zero-order chi connectivity index (χ0) is 9.42. The van der Waals surface area contributed by atoms with Crippen molar-refractivity contribution >= 4 is 0 Å².